The topological polar surface area (TPSA) is 35.5 Å². The molecule has 0 radical (unpaired) electrons. The van der Waals surface area contributed by atoms with Crippen LogP contribution in [0.2, 0.25) is 0 Å². The minimum atomic E-state index is 0.373. The zero-order valence-electron chi connectivity index (χ0n) is 9.62. The lowest BCUT2D eigenvalue weighted by Gasteiger charge is -2.39. The summed E-state index contributed by atoms with van der Waals surface area (Å²) < 4.78 is 0. The zero-order chi connectivity index (χ0) is 10.5. The van der Waals surface area contributed by atoms with Gasteiger partial charge in [0.05, 0.1) is 0 Å². The van der Waals surface area contributed by atoms with Crippen molar-refractivity contribution in [2.45, 2.75) is 38.1 Å². The number of aliphatic hydroxyl groups is 1. The molecule has 2 aliphatic heterocycles. The third kappa shape index (κ3) is 3.16. The second-order valence-electron chi connectivity index (χ2n) is 4.97. The maximum absolute atomic E-state index is 8.91. The maximum Gasteiger partial charge on any atom is 0.0433 e. The Morgan fingerprint density at radius 3 is 2.33 bits per heavy atom. The van der Waals surface area contributed by atoms with Gasteiger partial charge in [0.1, 0.15) is 0 Å². The molecule has 0 aromatic carbocycles. The number of nitrogens with zero attached hydrogens (tertiary/aromatic N) is 1. The summed E-state index contributed by atoms with van der Waals surface area (Å²) in [6.07, 6.45) is 6.25. The molecular weight excluding hydrogens is 188 g/mol. The van der Waals surface area contributed by atoms with Gasteiger partial charge in [0, 0.05) is 12.6 Å². The number of likely N-dealkylation sites (tertiary alicyclic amines) is 1. The number of piperidine rings is 2. The Bertz CT molecular complexity index is 172. The predicted molar refractivity (Wildman–Crippen MR) is 61.9 cm³/mol. The molecule has 0 unspecified atom stereocenters. The van der Waals surface area contributed by atoms with Gasteiger partial charge in [0.2, 0.25) is 0 Å². The Labute approximate surface area is 92.8 Å². The van der Waals surface area contributed by atoms with E-state index in [2.05, 4.69) is 10.2 Å². The monoisotopic (exact) mass is 212 g/mol. The van der Waals surface area contributed by atoms with E-state index in [-0.39, 0.29) is 0 Å². The second kappa shape index (κ2) is 5.83. The molecule has 0 aromatic heterocycles. The van der Waals surface area contributed by atoms with Gasteiger partial charge in [0.25, 0.3) is 0 Å². The Balaban J connectivity index is 1.72. The summed E-state index contributed by atoms with van der Waals surface area (Å²) in [4.78, 5) is 2.68. The summed E-state index contributed by atoms with van der Waals surface area (Å²) in [6.45, 7) is 5.28. The lowest BCUT2D eigenvalue weighted by Crippen LogP contribution is -2.46. The number of nitrogens with one attached hydrogen (secondary N) is 1. The van der Waals surface area contributed by atoms with Crippen LogP contribution in [0.4, 0.5) is 0 Å². The van der Waals surface area contributed by atoms with Crippen molar-refractivity contribution in [3.63, 3.8) is 0 Å². The third-order valence-corrected chi connectivity index (χ3v) is 4.01. The molecule has 3 nitrogen and oxygen atoms in total. The van der Waals surface area contributed by atoms with E-state index in [9.17, 15) is 0 Å². The second-order valence-corrected chi connectivity index (χ2v) is 4.97. The van der Waals surface area contributed by atoms with Crippen LogP contribution in [0.1, 0.15) is 32.1 Å². The molecule has 3 heteroatoms. The molecule has 2 N–H and O–H groups in total. The van der Waals surface area contributed by atoms with E-state index in [0.717, 1.165) is 18.4 Å². The van der Waals surface area contributed by atoms with Crippen molar-refractivity contribution in [1.82, 2.24) is 10.2 Å². The highest BCUT2D eigenvalue weighted by Gasteiger charge is 2.25. The van der Waals surface area contributed by atoms with Gasteiger partial charge in [-0.1, -0.05) is 0 Å². The predicted octanol–water partition coefficient (Wildman–Crippen LogP) is 0.833. The lowest BCUT2D eigenvalue weighted by atomic mass is 9.92. The van der Waals surface area contributed by atoms with Crippen molar-refractivity contribution in [2.24, 2.45) is 5.92 Å². The number of aliphatic hydroxyl groups excluding tert-OH is 1. The average molecular weight is 212 g/mol. The van der Waals surface area contributed by atoms with Crippen LogP contribution < -0.4 is 5.32 Å². The molecule has 0 bridgehead atoms. The van der Waals surface area contributed by atoms with Crippen molar-refractivity contribution in [1.29, 1.82) is 0 Å². The molecule has 0 aliphatic carbocycles. The lowest BCUT2D eigenvalue weighted by molar-refractivity contribution is 0.101. The molecule has 2 saturated heterocycles. The molecule has 2 heterocycles. The molecule has 0 amide bonds. The standard InChI is InChI=1S/C12H24N2O/c15-10-5-11-3-8-14(9-4-11)12-1-6-13-7-2-12/h11-13,15H,1-10H2. The van der Waals surface area contributed by atoms with Gasteiger partial charge >= 0.3 is 0 Å². The first-order chi connectivity index (χ1) is 7.40. The minimum Gasteiger partial charge on any atom is -0.396 e. The molecule has 0 saturated carbocycles. The van der Waals surface area contributed by atoms with Crippen LogP contribution in [0.5, 0.6) is 0 Å². The van der Waals surface area contributed by atoms with E-state index in [1.54, 1.807) is 0 Å². The smallest absolute Gasteiger partial charge is 0.0433 e. The highest BCUT2D eigenvalue weighted by molar-refractivity contribution is 4.81. The van der Waals surface area contributed by atoms with Crippen molar-refractivity contribution in [3.8, 4) is 0 Å². The first-order valence-corrected chi connectivity index (χ1v) is 6.46. The maximum atomic E-state index is 8.91. The van der Waals surface area contributed by atoms with Crippen LogP contribution in [0.3, 0.4) is 0 Å². The molecule has 0 aromatic rings. The molecule has 88 valence electrons. The van der Waals surface area contributed by atoms with Gasteiger partial charge in [-0.05, 0) is 64.2 Å². The van der Waals surface area contributed by atoms with E-state index in [1.807, 2.05) is 0 Å². The first-order valence-electron chi connectivity index (χ1n) is 6.46. The van der Waals surface area contributed by atoms with Crippen LogP contribution >= 0.6 is 0 Å². The molecule has 0 atom stereocenters. The SMILES string of the molecule is OCCC1CCN(C2CCNCC2)CC1. The van der Waals surface area contributed by atoms with Gasteiger partial charge < -0.3 is 15.3 Å². The highest BCUT2D eigenvalue weighted by Crippen LogP contribution is 2.23. The van der Waals surface area contributed by atoms with Crippen LogP contribution in [0, 0.1) is 5.92 Å². The summed E-state index contributed by atoms with van der Waals surface area (Å²) >= 11 is 0. The van der Waals surface area contributed by atoms with E-state index in [1.165, 1.54) is 51.9 Å². The highest BCUT2D eigenvalue weighted by atomic mass is 16.3. The molecule has 0 spiro atoms. The summed E-state index contributed by atoms with van der Waals surface area (Å²) in [6, 6.07) is 0.835. The summed E-state index contributed by atoms with van der Waals surface area (Å²) in [5.74, 6) is 0.785. The summed E-state index contributed by atoms with van der Waals surface area (Å²) in [7, 11) is 0. The van der Waals surface area contributed by atoms with Crippen LogP contribution in [-0.2, 0) is 0 Å². The van der Waals surface area contributed by atoms with Crippen LogP contribution in [-0.4, -0.2) is 48.8 Å². The zero-order valence-corrected chi connectivity index (χ0v) is 9.62. The van der Waals surface area contributed by atoms with E-state index in [4.69, 9.17) is 5.11 Å². The summed E-state index contributed by atoms with van der Waals surface area (Å²) in [5.41, 5.74) is 0. The fourth-order valence-electron chi connectivity index (χ4n) is 2.96. The van der Waals surface area contributed by atoms with Crippen molar-refractivity contribution < 1.29 is 5.11 Å². The minimum absolute atomic E-state index is 0.373. The largest absolute Gasteiger partial charge is 0.396 e. The number of rotatable bonds is 3. The Morgan fingerprint density at radius 2 is 1.73 bits per heavy atom. The van der Waals surface area contributed by atoms with E-state index in [0.29, 0.717) is 6.61 Å². The average Bonchev–Trinajstić information content (AvgIpc) is 2.32. The number of hydrogen-bond donors (Lipinski definition) is 2. The summed E-state index contributed by atoms with van der Waals surface area (Å²) in [5, 5.41) is 12.3. The van der Waals surface area contributed by atoms with Crippen molar-refractivity contribution in [3.05, 3.63) is 0 Å². The van der Waals surface area contributed by atoms with Crippen molar-refractivity contribution in [2.75, 3.05) is 32.8 Å². The van der Waals surface area contributed by atoms with Crippen molar-refractivity contribution >= 4 is 0 Å². The Morgan fingerprint density at radius 1 is 1.07 bits per heavy atom. The van der Waals surface area contributed by atoms with Crippen LogP contribution in [0.25, 0.3) is 0 Å². The van der Waals surface area contributed by atoms with E-state index >= 15 is 0 Å². The molecule has 2 aliphatic rings. The first kappa shape index (κ1) is 11.4. The van der Waals surface area contributed by atoms with E-state index < -0.39 is 0 Å². The normalized spacial score (nSPS) is 27.0. The van der Waals surface area contributed by atoms with Gasteiger partial charge in [-0.3, -0.25) is 0 Å². The molecular formula is C12H24N2O. The van der Waals surface area contributed by atoms with Gasteiger partial charge in [-0.15, -0.1) is 0 Å². The van der Waals surface area contributed by atoms with Gasteiger partial charge in [0.15, 0.2) is 0 Å². The fourth-order valence-corrected chi connectivity index (χ4v) is 2.96. The Kier molecular flexibility index (Phi) is 4.42. The Hall–Kier alpha value is -0.120. The number of hydrogen-bond acceptors (Lipinski definition) is 3. The molecule has 2 fully saturated rings. The van der Waals surface area contributed by atoms with Crippen LogP contribution in [0.15, 0.2) is 0 Å². The molecule has 2 rings (SSSR count). The third-order valence-electron chi connectivity index (χ3n) is 4.01. The van der Waals surface area contributed by atoms with Gasteiger partial charge in [-0.25, -0.2) is 0 Å². The molecule has 15 heavy (non-hydrogen) atoms. The quantitative estimate of drug-likeness (QED) is 0.727. The van der Waals surface area contributed by atoms with Gasteiger partial charge in [-0.2, -0.15) is 0 Å². The fraction of sp³-hybridized carbons (Fsp3) is 1.00.